The molecular weight excluding hydrogens is 206 g/mol. The lowest BCUT2D eigenvalue weighted by Crippen LogP contribution is -2.11. The second kappa shape index (κ2) is 5.66. The SMILES string of the molecule is [C-]#[N+]c1ccc(C(=O)CC(=O)OCC)cc1. The highest BCUT2D eigenvalue weighted by molar-refractivity contribution is 6.06. The molecule has 1 aromatic rings. The topological polar surface area (TPSA) is 47.7 Å². The van der Waals surface area contributed by atoms with Crippen LogP contribution in [0.1, 0.15) is 23.7 Å². The first-order valence-corrected chi connectivity index (χ1v) is 4.83. The molecule has 0 radical (unpaired) electrons. The summed E-state index contributed by atoms with van der Waals surface area (Å²) in [6.45, 7) is 8.71. The molecule has 0 fully saturated rings. The maximum Gasteiger partial charge on any atom is 0.313 e. The zero-order valence-corrected chi connectivity index (χ0v) is 8.90. The maximum absolute atomic E-state index is 11.6. The van der Waals surface area contributed by atoms with Crippen molar-refractivity contribution in [1.82, 2.24) is 0 Å². The first-order valence-electron chi connectivity index (χ1n) is 4.83. The molecule has 0 aliphatic rings. The third-order valence-electron chi connectivity index (χ3n) is 1.93. The van der Waals surface area contributed by atoms with Gasteiger partial charge >= 0.3 is 5.97 Å². The van der Waals surface area contributed by atoms with E-state index in [9.17, 15) is 9.59 Å². The number of benzene rings is 1. The molecule has 0 atom stereocenters. The van der Waals surface area contributed by atoms with Crippen molar-refractivity contribution >= 4 is 17.4 Å². The molecule has 0 bridgehead atoms. The van der Waals surface area contributed by atoms with Crippen molar-refractivity contribution in [2.45, 2.75) is 13.3 Å². The molecule has 1 rings (SSSR count). The van der Waals surface area contributed by atoms with Gasteiger partial charge in [-0.05, 0) is 6.92 Å². The smallest absolute Gasteiger partial charge is 0.313 e. The largest absolute Gasteiger partial charge is 0.466 e. The van der Waals surface area contributed by atoms with E-state index in [1.165, 1.54) is 12.1 Å². The molecule has 0 amide bonds. The van der Waals surface area contributed by atoms with Gasteiger partial charge in [0.1, 0.15) is 6.42 Å². The second-order valence-electron chi connectivity index (χ2n) is 3.06. The maximum atomic E-state index is 11.6. The van der Waals surface area contributed by atoms with Crippen LogP contribution in [-0.2, 0) is 9.53 Å². The van der Waals surface area contributed by atoms with Gasteiger partial charge in [-0.2, -0.15) is 0 Å². The van der Waals surface area contributed by atoms with Gasteiger partial charge in [-0.3, -0.25) is 9.59 Å². The molecule has 0 heterocycles. The van der Waals surface area contributed by atoms with Gasteiger partial charge in [0.15, 0.2) is 11.5 Å². The minimum Gasteiger partial charge on any atom is -0.466 e. The summed E-state index contributed by atoms with van der Waals surface area (Å²) in [5.41, 5.74) is 0.883. The van der Waals surface area contributed by atoms with E-state index in [0.29, 0.717) is 11.3 Å². The van der Waals surface area contributed by atoms with Crippen molar-refractivity contribution in [3.8, 4) is 0 Å². The average molecular weight is 217 g/mol. The van der Waals surface area contributed by atoms with Gasteiger partial charge in [-0.1, -0.05) is 24.3 Å². The number of ketones is 1. The van der Waals surface area contributed by atoms with E-state index in [0.717, 1.165) is 0 Å². The fraction of sp³-hybridized carbons (Fsp3) is 0.250. The van der Waals surface area contributed by atoms with E-state index in [4.69, 9.17) is 6.57 Å². The molecule has 4 heteroatoms. The van der Waals surface area contributed by atoms with Crippen molar-refractivity contribution in [1.29, 1.82) is 0 Å². The van der Waals surface area contributed by atoms with E-state index in [-0.39, 0.29) is 18.8 Å². The summed E-state index contributed by atoms with van der Waals surface area (Å²) < 4.78 is 4.67. The summed E-state index contributed by atoms with van der Waals surface area (Å²) in [7, 11) is 0. The van der Waals surface area contributed by atoms with Gasteiger partial charge in [0.25, 0.3) is 0 Å². The Morgan fingerprint density at radius 1 is 1.31 bits per heavy atom. The van der Waals surface area contributed by atoms with Crippen LogP contribution < -0.4 is 0 Å². The highest BCUT2D eigenvalue weighted by atomic mass is 16.5. The van der Waals surface area contributed by atoms with E-state index >= 15 is 0 Å². The highest BCUT2D eigenvalue weighted by Crippen LogP contribution is 2.13. The van der Waals surface area contributed by atoms with E-state index in [2.05, 4.69) is 9.58 Å². The Morgan fingerprint density at radius 2 is 1.94 bits per heavy atom. The second-order valence-corrected chi connectivity index (χ2v) is 3.06. The number of carbonyl (C=O) groups excluding carboxylic acids is 2. The van der Waals surface area contributed by atoms with Gasteiger partial charge in [-0.15, -0.1) is 0 Å². The molecule has 0 spiro atoms. The molecule has 0 aromatic heterocycles. The van der Waals surface area contributed by atoms with Gasteiger partial charge in [0, 0.05) is 5.56 Å². The summed E-state index contributed by atoms with van der Waals surface area (Å²) in [6.07, 6.45) is -0.259. The monoisotopic (exact) mass is 217 g/mol. The molecule has 0 N–H and O–H groups in total. The first kappa shape index (κ1) is 11.9. The highest BCUT2D eigenvalue weighted by Gasteiger charge is 2.12. The fourth-order valence-corrected chi connectivity index (χ4v) is 1.17. The predicted molar refractivity (Wildman–Crippen MR) is 58.3 cm³/mol. The summed E-state index contributed by atoms with van der Waals surface area (Å²) in [5.74, 6) is -0.822. The lowest BCUT2D eigenvalue weighted by Gasteiger charge is -2.01. The number of ether oxygens (including phenoxy) is 1. The molecule has 4 nitrogen and oxygen atoms in total. The Kier molecular flexibility index (Phi) is 4.22. The quantitative estimate of drug-likeness (QED) is 0.336. The van der Waals surface area contributed by atoms with Crippen molar-refractivity contribution in [3.05, 3.63) is 41.2 Å². The van der Waals surface area contributed by atoms with Crippen LogP contribution in [0.25, 0.3) is 4.85 Å². The van der Waals surface area contributed by atoms with Crippen LogP contribution in [-0.4, -0.2) is 18.4 Å². The number of carbonyl (C=O) groups is 2. The number of hydrogen-bond donors (Lipinski definition) is 0. The molecule has 0 aliphatic heterocycles. The number of rotatable bonds is 4. The lowest BCUT2D eigenvalue weighted by molar-refractivity contribution is -0.141. The molecule has 0 aliphatic carbocycles. The van der Waals surface area contributed by atoms with Crippen molar-refractivity contribution in [2.24, 2.45) is 0 Å². The summed E-state index contributed by atoms with van der Waals surface area (Å²) >= 11 is 0. The van der Waals surface area contributed by atoms with Crippen LogP contribution in [0.3, 0.4) is 0 Å². The van der Waals surface area contributed by atoms with Crippen LogP contribution in [0.5, 0.6) is 0 Å². The summed E-state index contributed by atoms with van der Waals surface area (Å²) in [4.78, 5) is 25.8. The Labute approximate surface area is 93.7 Å². The summed E-state index contributed by atoms with van der Waals surface area (Å²) in [6, 6.07) is 6.17. The first-order chi connectivity index (χ1) is 7.67. The number of hydrogen-bond acceptors (Lipinski definition) is 3. The Bertz CT molecular complexity index is 429. The van der Waals surface area contributed by atoms with Gasteiger partial charge in [0.05, 0.1) is 13.2 Å². The summed E-state index contributed by atoms with van der Waals surface area (Å²) in [5, 5.41) is 0. The van der Waals surface area contributed by atoms with Crippen LogP contribution in [0.4, 0.5) is 5.69 Å². The molecule has 0 saturated carbocycles. The molecule has 0 saturated heterocycles. The average Bonchev–Trinajstić information content (AvgIpc) is 2.29. The van der Waals surface area contributed by atoms with E-state index in [1.54, 1.807) is 19.1 Å². The van der Waals surface area contributed by atoms with Gasteiger partial charge in [0.2, 0.25) is 0 Å². The molecule has 1 aromatic carbocycles. The number of esters is 1. The van der Waals surface area contributed by atoms with Crippen LogP contribution in [0.15, 0.2) is 24.3 Å². The van der Waals surface area contributed by atoms with Crippen molar-refractivity contribution < 1.29 is 14.3 Å². The number of Topliss-reactive ketones (excluding diaryl/α,β-unsaturated/α-hetero) is 1. The van der Waals surface area contributed by atoms with Gasteiger partial charge in [-0.25, -0.2) is 4.85 Å². The predicted octanol–water partition coefficient (Wildman–Crippen LogP) is 2.37. The molecule has 16 heavy (non-hydrogen) atoms. The normalized spacial score (nSPS) is 9.25. The van der Waals surface area contributed by atoms with E-state index in [1.807, 2.05) is 0 Å². The zero-order chi connectivity index (χ0) is 12.0. The van der Waals surface area contributed by atoms with Crippen LogP contribution >= 0.6 is 0 Å². The van der Waals surface area contributed by atoms with Crippen molar-refractivity contribution in [3.63, 3.8) is 0 Å². The third kappa shape index (κ3) is 3.21. The Hall–Kier alpha value is -2.15. The minimum absolute atomic E-state index is 0.259. The third-order valence-corrected chi connectivity index (χ3v) is 1.93. The standard InChI is InChI=1S/C12H11NO3/c1-3-16-12(15)8-11(14)9-4-6-10(13-2)7-5-9/h4-7H,3,8H2,1H3. The lowest BCUT2D eigenvalue weighted by atomic mass is 10.1. The molecule has 82 valence electrons. The Morgan fingerprint density at radius 3 is 2.44 bits per heavy atom. The molecule has 0 unspecified atom stereocenters. The van der Waals surface area contributed by atoms with Gasteiger partial charge < -0.3 is 4.74 Å². The molecular formula is C12H11NO3. The van der Waals surface area contributed by atoms with Crippen LogP contribution in [0, 0.1) is 6.57 Å². The van der Waals surface area contributed by atoms with Crippen LogP contribution in [0.2, 0.25) is 0 Å². The number of nitrogens with zero attached hydrogens (tertiary/aromatic N) is 1. The van der Waals surface area contributed by atoms with Crippen molar-refractivity contribution in [2.75, 3.05) is 6.61 Å². The Balaban J connectivity index is 2.67. The van der Waals surface area contributed by atoms with E-state index < -0.39 is 5.97 Å². The minimum atomic E-state index is -0.526. The fourth-order valence-electron chi connectivity index (χ4n) is 1.17. The zero-order valence-electron chi connectivity index (χ0n) is 8.90.